The Balaban J connectivity index is 2.12. The van der Waals surface area contributed by atoms with Crippen molar-refractivity contribution in [3.8, 4) is 0 Å². The Hall–Kier alpha value is -0.380. The number of carbonyl (C=O) groups excluding carboxylic acids is 1. The lowest BCUT2D eigenvalue weighted by atomic mass is 9.88. The van der Waals surface area contributed by atoms with Crippen LogP contribution in [-0.2, 0) is 11.2 Å². The van der Waals surface area contributed by atoms with Crippen molar-refractivity contribution >= 4 is 33.3 Å². The maximum Gasteiger partial charge on any atom is 0.157 e. The number of hydrogen-bond donors (Lipinski definition) is 1. The van der Waals surface area contributed by atoms with Crippen LogP contribution in [0.1, 0.15) is 25.3 Å². The van der Waals surface area contributed by atoms with Crippen LogP contribution in [0.4, 0.5) is 0 Å². The van der Waals surface area contributed by atoms with E-state index in [1.54, 1.807) is 6.07 Å². The second-order valence-corrected chi connectivity index (χ2v) is 6.22. The minimum atomic E-state index is -0.698. The molecule has 0 heterocycles. The first-order valence-corrected chi connectivity index (χ1v) is 6.84. The molecule has 0 amide bonds. The third-order valence-corrected chi connectivity index (χ3v) is 4.24. The number of benzene rings is 1. The first-order chi connectivity index (χ1) is 7.91. The van der Waals surface area contributed by atoms with E-state index in [0.29, 0.717) is 17.4 Å². The largest absolute Gasteiger partial charge is 0.319 e. The molecule has 0 saturated heterocycles. The molecule has 1 saturated carbocycles. The maximum atomic E-state index is 12.2. The van der Waals surface area contributed by atoms with Crippen LogP contribution in [0.15, 0.2) is 22.7 Å². The SMILES string of the molecule is CC(N)(C(=O)Cc1ccc(Br)cc1Cl)C1CC1. The number of hydrogen-bond acceptors (Lipinski definition) is 2. The van der Waals surface area contributed by atoms with Crippen LogP contribution in [0.5, 0.6) is 0 Å². The monoisotopic (exact) mass is 315 g/mol. The van der Waals surface area contributed by atoms with Crippen molar-refractivity contribution in [2.45, 2.75) is 31.7 Å². The van der Waals surface area contributed by atoms with Crippen LogP contribution < -0.4 is 5.73 Å². The van der Waals surface area contributed by atoms with E-state index in [0.717, 1.165) is 22.9 Å². The fourth-order valence-corrected chi connectivity index (χ4v) is 2.68. The molecule has 1 unspecified atom stereocenters. The molecule has 1 aromatic rings. The molecule has 0 aliphatic heterocycles. The van der Waals surface area contributed by atoms with Crippen LogP contribution in [0.25, 0.3) is 0 Å². The summed E-state index contributed by atoms with van der Waals surface area (Å²) in [4.78, 5) is 12.2. The van der Waals surface area contributed by atoms with Gasteiger partial charge in [-0.15, -0.1) is 0 Å². The van der Waals surface area contributed by atoms with Crippen molar-refractivity contribution in [3.05, 3.63) is 33.3 Å². The van der Waals surface area contributed by atoms with Gasteiger partial charge in [-0.05, 0) is 43.4 Å². The zero-order valence-electron chi connectivity index (χ0n) is 9.67. The quantitative estimate of drug-likeness (QED) is 0.926. The van der Waals surface area contributed by atoms with Crippen LogP contribution >= 0.6 is 27.5 Å². The number of carbonyl (C=O) groups is 1. The average Bonchev–Trinajstić information content (AvgIpc) is 3.05. The minimum absolute atomic E-state index is 0.0734. The Kier molecular flexibility index (Phi) is 3.62. The van der Waals surface area contributed by atoms with E-state index in [-0.39, 0.29) is 5.78 Å². The van der Waals surface area contributed by atoms with E-state index in [2.05, 4.69) is 15.9 Å². The van der Waals surface area contributed by atoms with Gasteiger partial charge >= 0.3 is 0 Å². The molecular weight excluding hydrogens is 302 g/mol. The Labute approximate surface area is 115 Å². The maximum absolute atomic E-state index is 12.2. The summed E-state index contributed by atoms with van der Waals surface area (Å²) in [6.07, 6.45) is 2.44. The van der Waals surface area contributed by atoms with Gasteiger partial charge in [-0.25, -0.2) is 0 Å². The molecular formula is C13H15BrClNO. The zero-order chi connectivity index (χ0) is 12.6. The predicted molar refractivity (Wildman–Crippen MR) is 73.2 cm³/mol. The summed E-state index contributed by atoms with van der Waals surface area (Å²) in [7, 11) is 0. The molecule has 0 bridgehead atoms. The normalized spacial score (nSPS) is 18.8. The first-order valence-electron chi connectivity index (χ1n) is 5.67. The fourth-order valence-electron chi connectivity index (χ4n) is 1.94. The minimum Gasteiger partial charge on any atom is -0.319 e. The summed E-state index contributed by atoms with van der Waals surface area (Å²) in [6.45, 7) is 1.83. The molecule has 1 aromatic carbocycles. The van der Waals surface area contributed by atoms with E-state index < -0.39 is 5.54 Å². The van der Waals surface area contributed by atoms with Gasteiger partial charge in [-0.2, -0.15) is 0 Å². The standard InChI is InChI=1S/C13H15BrClNO/c1-13(16,9-3-4-9)12(17)6-8-2-5-10(14)7-11(8)15/h2,5,7,9H,3-4,6,16H2,1H3. The Morgan fingerprint density at radius 1 is 1.59 bits per heavy atom. The van der Waals surface area contributed by atoms with E-state index in [9.17, 15) is 4.79 Å². The highest BCUT2D eigenvalue weighted by Crippen LogP contribution is 2.39. The summed E-state index contributed by atoms with van der Waals surface area (Å²) >= 11 is 9.44. The van der Waals surface area contributed by atoms with Crippen molar-refractivity contribution in [3.63, 3.8) is 0 Å². The lowest BCUT2D eigenvalue weighted by Gasteiger charge is -2.22. The van der Waals surface area contributed by atoms with Crippen LogP contribution in [0.3, 0.4) is 0 Å². The summed E-state index contributed by atoms with van der Waals surface area (Å²) < 4.78 is 0.913. The van der Waals surface area contributed by atoms with E-state index in [1.807, 2.05) is 19.1 Å². The Morgan fingerprint density at radius 2 is 2.24 bits per heavy atom. The third kappa shape index (κ3) is 2.90. The molecule has 4 heteroatoms. The van der Waals surface area contributed by atoms with Gasteiger partial charge in [0.2, 0.25) is 0 Å². The van der Waals surface area contributed by atoms with Gasteiger partial charge in [0, 0.05) is 15.9 Å². The lowest BCUT2D eigenvalue weighted by Crippen LogP contribution is -2.47. The highest BCUT2D eigenvalue weighted by molar-refractivity contribution is 9.10. The zero-order valence-corrected chi connectivity index (χ0v) is 12.0. The van der Waals surface area contributed by atoms with Crippen LogP contribution in [0.2, 0.25) is 5.02 Å². The molecule has 1 atom stereocenters. The average molecular weight is 317 g/mol. The van der Waals surface area contributed by atoms with Gasteiger partial charge in [-0.3, -0.25) is 4.79 Å². The molecule has 1 aliphatic rings. The number of rotatable bonds is 4. The van der Waals surface area contributed by atoms with Crippen molar-refractivity contribution in [1.82, 2.24) is 0 Å². The molecule has 2 N–H and O–H groups in total. The number of ketones is 1. The van der Waals surface area contributed by atoms with Gasteiger partial charge in [0.15, 0.2) is 5.78 Å². The van der Waals surface area contributed by atoms with Gasteiger partial charge in [-0.1, -0.05) is 33.6 Å². The predicted octanol–water partition coefficient (Wildman–Crippen LogP) is 3.34. The highest BCUT2D eigenvalue weighted by Gasteiger charge is 2.43. The number of nitrogens with two attached hydrogens (primary N) is 1. The summed E-state index contributed by atoms with van der Waals surface area (Å²) in [6, 6.07) is 5.56. The molecule has 0 radical (unpaired) electrons. The van der Waals surface area contributed by atoms with Gasteiger partial charge < -0.3 is 5.73 Å². The fraction of sp³-hybridized carbons (Fsp3) is 0.462. The second-order valence-electron chi connectivity index (χ2n) is 4.89. The molecule has 0 aromatic heterocycles. The second kappa shape index (κ2) is 4.71. The summed E-state index contributed by atoms with van der Waals surface area (Å²) in [5.74, 6) is 0.424. The smallest absolute Gasteiger partial charge is 0.157 e. The molecule has 92 valence electrons. The molecule has 1 aliphatic carbocycles. The van der Waals surface area contributed by atoms with E-state index >= 15 is 0 Å². The van der Waals surface area contributed by atoms with Crippen molar-refractivity contribution in [2.75, 3.05) is 0 Å². The van der Waals surface area contributed by atoms with Crippen molar-refractivity contribution < 1.29 is 4.79 Å². The molecule has 2 nitrogen and oxygen atoms in total. The van der Waals surface area contributed by atoms with Gasteiger partial charge in [0.25, 0.3) is 0 Å². The van der Waals surface area contributed by atoms with E-state index in [1.165, 1.54) is 0 Å². The van der Waals surface area contributed by atoms with E-state index in [4.69, 9.17) is 17.3 Å². The molecule has 0 spiro atoms. The van der Waals surface area contributed by atoms with Crippen LogP contribution in [-0.4, -0.2) is 11.3 Å². The highest BCUT2D eigenvalue weighted by atomic mass is 79.9. The van der Waals surface area contributed by atoms with Gasteiger partial charge in [0.1, 0.15) is 0 Å². The topological polar surface area (TPSA) is 43.1 Å². The molecule has 2 rings (SSSR count). The van der Waals surface area contributed by atoms with Gasteiger partial charge in [0.05, 0.1) is 5.54 Å². The summed E-state index contributed by atoms with van der Waals surface area (Å²) in [5, 5.41) is 0.610. The van der Waals surface area contributed by atoms with Crippen molar-refractivity contribution in [1.29, 1.82) is 0 Å². The summed E-state index contributed by atoms with van der Waals surface area (Å²) in [5.41, 5.74) is 6.24. The Morgan fingerprint density at radius 3 is 2.76 bits per heavy atom. The molecule has 17 heavy (non-hydrogen) atoms. The number of halogens is 2. The first kappa shape index (κ1) is 13.1. The van der Waals surface area contributed by atoms with Crippen molar-refractivity contribution in [2.24, 2.45) is 11.7 Å². The molecule has 1 fully saturated rings. The Bertz CT molecular complexity index is 455. The number of Topliss-reactive ketones (excluding diaryl/α,β-unsaturated/α-hetero) is 1. The third-order valence-electron chi connectivity index (χ3n) is 3.39. The lowest BCUT2D eigenvalue weighted by molar-refractivity contribution is -0.123. The van der Waals surface area contributed by atoms with Crippen LogP contribution in [0, 0.1) is 5.92 Å².